The van der Waals surface area contributed by atoms with Crippen molar-refractivity contribution in [1.82, 2.24) is 5.32 Å². The lowest BCUT2D eigenvalue weighted by molar-refractivity contribution is 0.0957. The zero-order valence-electron chi connectivity index (χ0n) is 9.84. The highest BCUT2D eigenvalue weighted by Crippen LogP contribution is 1.95. The first-order valence-corrected chi connectivity index (χ1v) is 5.65. The van der Waals surface area contributed by atoms with Crippen LogP contribution in [-0.2, 0) is 9.47 Å². The molecule has 1 atom stereocenters. The van der Waals surface area contributed by atoms with Crippen LogP contribution in [0.4, 0.5) is 0 Å². The Bertz CT molecular complexity index is 101. The second kappa shape index (κ2) is 11.0. The van der Waals surface area contributed by atoms with Crippen molar-refractivity contribution in [1.29, 1.82) is 0 Å². The van der Waals surface area contributed by atoms with Gasteiger partial charge in [0.15, 0.2) is 0 Å². The topological polar surface area (TPSA) is 30.5 Å². The Balaban J connectivity index is 3.49. The molecular formula is C11H25NO2. The van der Waals surface area contributed by atoms with Gasteiger partial charge < -0.3 is 14.8 Å². The summed E-state index contributed by atoms with van der Waals surface area (Å²) >= 11 is 0. The number of ether oxygens (including phenoxy) is 2. The molecule has 14 heavy (non-hydrogen) atoms. The first-order valence-electron chi connectivity index (χ1n) is 5.65. The molecule has 0 aliphatic rings. The molecule has 1 N–H and O–H groups in total. The van der Waals surface area contributed by atoms with Crippen molar-refractivity contribution in [2.45, 2.75) is 39.2 Å². The molecule has 0 spiro atoms. The highest BCUT2D eigenvalue weighted by Gasteiger charge is 2.06. The zero-order valence-corrected chi connectivity index (χ0v) is 9.84. The fourth-order valence-corrected chi connectivity index (χ4v) is 1.22. The van der Waals surface area contributed by atoms with Crippen LogP contribution in [0.1, 0.15) is 33.1 Å². The summed E-state index contributed by atoms with van der Waals surface area (Å²) in [6.45, 7) is 7.83. The molecule has 0 aromatic rings. The van der Waals surface area contributed by atoms with Crippen molar-refractivity contribution in [3.63, 3.8) is 0 Å². The van der Waals surface area contributed by atoms with Gasteiger partial charge in [0, 0.05) is 26.4 Å². The Morgan fingerprint density at radius 1 is 1.14 bits per heavy atom. The third-order valence-electron chi connectivity index (χ3n) is 2.02. The summed E-state index contributed by atoms with van der Waals surface area (Å²) in [5.41, 5.74) is 0. The van der Waals surface area contributed by atoms with Gasteiger partial charge in [0.1, 0.15) is 0 Å². The van der Waals surface area contributed by atoms with Crippen molar-refractivity contribution < 1.29 is 9.47 Å². The third-order valence-corrected chi connectivity index (χ3v) is 2.02. The first kappa shape index (κ1) is 13.9. The molecule has 0 aliphatic heterocycles. The van der Waals surface area contributed by atoms with Crippen LogP contribution in [0.5, 0.6) is 0 Å². The van der Waals surface area contributed by atoms with Gasteiger partial charge >= 0.3 is 0 Å². The standard InChI is InChI=1S/C11H25NO2/c1-4-7-12-11(6-9-13-3)10-14-8-5-2/h11-12H,4-10H2,1-3H3. The molecular weight excluding hydrogens is 178 g/mol. The van der Waals surface area contributed by atoms with E-state index in [-0.39, 0.29) is 0 Å². The summed E-state index contributed by atoms with van der Waals surface area (Å²) in [5.74, 6) is 0. The number of hydrogen-bond acceptors (Lipinski definition) is 3. The smallest absolute Gasteiger partial charge is 0.0620 e. The van der Waals surface area contributed by atoms with Crippen molar-refractivity contribution in [2.24, 2.45) is 0 Å². The van der Waals surface area contributed by atoms with Crippen molar-refractivity contribution >= 4 is 0 Å². The van der Waals surface area contributed by atoms with E-state index in [4.69, 9.17) is 9.47 Å². The third kappa shape index (κ3) is 8.48. The summed E-state index contributed by atoms with van der Waals surface area (Å²) in [6, 6.07) is 0.446. The molecule has 0 rings (SSSR count). The summed E-state index contributed by atoms with van der Waals surface area (Å²) in [4.78, 5) is 0. The van der Waals surface area contributed by atoms with Crippen LogP contribution in [0, 0.1) is 0 Å². The Hall–Kier alpha value is -0.120. The Labute approximate surface area is 88.2 Å². The fraction of sp³-hybridized carbons (Fsp3) is 1.00. The number of hydrogen-bond donors (Lipinski definition) is 1. The number of nitrogens with one attached hydrogen (secondary N) is 1. The molecule has 3 nitrogen and oxygen atoms in total. The maximum absolute atomic E-state index is 5.52. The van der Waals surface area contributed by atoms with E-state index in [0.717, 1.165) is 45.6 Å². The summed E-state index contributed by atoms with van der Waals surface area (Å²) in [5, 5.41) is 3.46. The maximum atomic E-state index is 5.52. The molecule has 0 heterocycles. The van der Waals surface area contributed by atoms with E-state index in [9.17, 15) is 0 Å². The lowest BCUT2D eigenvalue weighted by Crippen LogP contribution is -2.35. The molecule has 0 saturated carbocycles. The van der Waals surface area contributed by atoms with Crippen LogP contribution >= 0.6 is 0 Å². The number of methoxy groups -OCH3 is 1. The average Bonchev–Trinajstić information content (AvgIpc) is 2.21. The minimum absolute atomic E-state index is 0.446. The van der Waals surface area contributed by atoms with Gasteiger partial charge in [-0.3, -0.25) is 0 Å². The predicted molar refractivity (Wildman–Crippen MR) is 59.7 cm³/mol. The molecule has 86 valence electrons. The Kier molecular flexibility index (Phi) is 10.9. The van der Waals surface area contributed by atoms with Crippen LogP contribution < -0.4 is 5.32 Å². The first-order chi connectivity index (χ1) is 6.85. The van der Waals surface area contributed by atoms with Gasteiger partial charge in [-0.25, -0.2) is 0 Å². The van der Waals surface area contributed by atoms with E-state index in [0.29, 0.717) is 6.04 Å². The minimum atomic E-state index is 0.446. The Morgan fingerprint density at radius 3 is 2.50 bits per heavy atom. The predicted octanol–water partition coefficient (Wildman–Crippen LogP) is 1.82. The highest BCUT2D eigenvalue weighted by molar-refractivity contribution is 4.65. The van der Waals surface area contributed by atoms with Crippen molar-refractivity contribution in [3.05, 3.63) is 0 Å². The summed E-state index contributed by atoms with van der Waals surface area (Å²) in [7, 11) is 1.74. The van der Waals surface area contributed by atoms with Crippen LogP contribution in [0.2, 0.25) is 0 Å². The largest absolute Gasteiger partial charge is 0.385 e. The molecule has 0 fully saturated rings. The van der Waals surface area contributed by atoms with E-state index < -0.39 is 0 Å². The monoisotopic (exact) mass is 203 g/mol. The van der Waals surface area contributed by atoms with E-state index in [2.05, 4.69) is 19.2 Å². The van der Waals surface area contributed by atoms with Crippen molar-refractivity contribution in [3.8, 4) is 0 Å². The maximum Gasteiger partial charge on any atom is 0.0620 e. The average molecular weight is 203 g/mol. The number of rotatable bonds is 10. The SMILES string of the molecule is CCCNC(CCOC)COCCC. The molecule has 0 bridgehead atoms. The fourth-order valence-electron chi connectivity index (χ4n) is 1.22. The van der Waals surface area contributed by atoms with Gasteiger partial charge in [-0.05, 0) is 25.8 Å². The summed E-state index contributed by atoms with van der Waals surface area (Å²) in [6.07, 6.45) is 3.28. The lowest BCUT2D eigenvalue weighted by Gasteiger charge is -2.17. The van der Waals surface area contributed by atoms with E-state index >= 15 is 0 Å². The van der Waals surface area contributed by atoms with E-state index in [1.165, 1.54) is 0 Å². The second-order valence-corrected chi connectivity index (χ2v) is 3.51. The van der Waals surface area contributed by atoms with Crippen LogP contribution in [0.3, 0.4) is 0 Å². The van der Waals surface area contributed by atoms with Gasteiger partial charge in [-0.2, -0.15) is 0 Å². The molecule has 0 aromatic carbocycles. The van der Waals surface area contributed by atoms with Gasteiger partial charge in [0.2, 0.25) is 0 Å². The van der Waals surface area contributed by atoms with Gasteiger partial charge in [-0.15, -0.1) is 0 Å². The molecule has 0 saturated heterocycles. The lowest BCUT2D eigenvalue weighted by atomic mass is 10.2. The van der Waals surface area contributed by atoms with Gasteiger partial charge in [-0.1, -0.05) is 13.8 Å². The quantitative estimate of drug-likeness (QED) is 0.549. The van der Waals surface area contributed by atoms with E-state index in [1.54, 1.807) is 7.11 Å². The highest BCUT2D eigenvalue weighted by atomic mass is 16.5. The molecule has 0 aromatic heterocycles. The molecule has 3 heteroatoms. The summed E-state index contributed by atoms with van der Waals surface area (Å²) < 4.78 is 10.6. The second-order valence-electron chi connectivity index (χ2n) is 3.51. The van der Waals surface area contributed by atoms with Gasteiger partial charge in [0.05, 0.1) is 6.61 Å². The molecule has 1 unspecified atom stereocenters. The van der Waals surface area contributed by atoms with Gasteiger partial charge in [0.25, 0.3) is 0 Å². The van der Waals surface area contributed by atoms with Crippen LogP contribution in [0.15, 0.2) is 0 Å². The molecule has 0 aliphatic carbocycles. The van der Waals surface area contributed by atoms with Crippen molar-refractivity contribution in [2.75, 3.05) is 33.5 Å². The molecule has 0 radical (unpaired) electrons. The van der Waals surface area contributed by atoms with E-state index in [1.807, 2.05) is 0 Å². The van der Waals surface area contributed by atoms with Crippen LogP contribution in [0.25, 0.3) is 0 Å². The zero-order chi connectivity index (χ0) is 10.6. The Morgan fingerprint density at radius 2 is 1.93 bits per heavy atom. The normalized spacial score (nSPS) is 13.1. The minimum Gasteiger partial charge on any atom is -0.385 e. The van der Waals surface area contributed by atoms with Crippen LogP contribution in [-0.4, -0.2) is 39.5 Å². The molecule has 0 amide bonds.